The minimum absolute atomic E-state index is 0.0896. The van der Waals surface area contributed by atoms with E-state index in [0.717, 1.165) is 29.1 Å². The summed E-state index contributed by atoms with van der Waals surface area (Å²) in [5, 5.41) is 10.3. The average Bonchev–Trinajstić information content (AvgIpc) is 3.73. The van der Waals surface area contributed by atoms with Crippen molar-refractivity contribution in [3.63, 3.8) is 0 Å². The molecule has 0 fully saturated rings. The minimum Gasteiger partial charge on any atom is -0.258 e. The zero-order valence-electron chi connectivity index (χ0n) is 33.3. The van der Waals surface area contributed by atoms with Crippen LogP contribution in [0.2, 0.25) is 0 Å². The third-order valence-electron chi connectivity index (χ3n) is 12.4. The number of benzene rings is 10. The fourth-order valence-electron chi connectivity index (χ4n) is 9.44. The number of thiophene rings is 1. The van der Waals surface area contributed by atoms with Crippen molar-refractivity contribution in [2.24, 2.45) is 9.98 Å². The Morgan fingerprint density at radius 1 is 0.361 bits per heavy atom. The van der Waals surface area contributed by atoms with Gasteiger partial charge in [0.2, 0.25) is 0 Å². The maximum atomic E-state index is 5.38. The van der Waals surface area contributed by atoms with Crippen molar-refractivity contribution in [1.29, 1.82) is 0 Å². The summed E-state index contributed by atoms with van der Waals surface area (Å²) in [6.45, 7) is 0. The van der Waals surface area contributed by atoms with E-state index in [1.807, 2.05) is 17.4 Å². The molecule has 0 aliphatic carbocycles. The molecule has 10 aromatic carbocycles. The molecule has 0 radical (unpaired) electrons. The molecule has 1 atom stereocenters. The third-order valence-corrected chi connectivity index (χ3v) is 13.5. The van der Waals surface area contributed by atoms with Crippen molar-refractivity contribution in [3.05, 3.63) is 229 Å². The van der Waals surface area contributed by atoms with Gasteiger partial charge in [0.1, 0.15) is 0 Å². The molecule has 3 heteroatoms. The van der Waals surface area contributed by atoms with E-state index < -0.39 is 0 Å². The van der Waals surface area contributed by atoms with E-state index in [-0.39, 0.29) is 6.04 Å². The van der Waals surface area contributed by atoms with Gasteiger partial charge in [0.05, 0.1) is 11.8 Å². The van der Waals surface area contributed by atoms with Gasteiger partial charge in [-0.2, -0.15) is 0 Å². The van der Waals surface area contributed by atoms with Gasteiger partial charge in [0.15, 0.2) is 5.84 Å². The van der Waals surface area contributed by atoms with Crippen LogP contribution in [0.15, 0.2) is 222 Å². The second-order valence-corrected chi connectivity index (χ2v) is 17.1. The normalized spacial score (nSPS) is 14.2. The van der Waals surface area contributed by atoms with Gasteiger partial charge in [-0.05, 0) is 113 Å². The third kappa shape index (κ3) is 6.25. The van der Waals surface area contributed by atoms with E-state index in [1.54, 1.807) is 0 Å². The minimum atomic E-state index is -0.0896. The first-order valence-electron chi connectivity index (χ1n) is 21.0. The molecular formula is C58H38N2S. The van der Waals surface area contributed by atoms with Crippen LogP contribution in [0.25, 0.3) is 85.9 Å². The SMILES string of the molecule is c1ccc(C2=NC(c3ccccc3)=NC(c3cc(-c4cccc(-c5cccc(-c6ccc7c8ccccc8c8ccccc8c7c6)c5)c4)c4c(c3)sc3ccccc34)C2)cc1. The molecule has 2 nitrogen and oxygen atoms in total. The highest BCUT2D eigenvalue weighted by molar-refractivity contribution is 7.26. The predicted molar refractivity (Wildman–Crippen MR) is 261 cm³/mol. The van der Waals surface area contributed by atoms with Crippen molar-refractivity contribution in [2.75, 3.05) is 0 Å². The second kappa shape index (κ2) is 14.7. The van der Waals surface area contributed by atoms with E-state index >= 15 is 0 Å². The molecule has 286 valence electrons. The van der Waals surface area contributed by atoms with Crippen LogP contribution in [0.3, 0.4) is 0 Å². The fourth-order valence-corrected chi connectivity index (χ4v) is 10.6. The van der Waals surface area contributed by atoms with Gasteiger partial charge in [0, 0.05) is 32.2 Å². The Morgan fingerprint density at radius 2 is 0.869 bits per heavy atom. The number of fused-ring (bicyclic) bond motifs is 9. The Balaban J connectivity index is 0.977. The van der Waals surface area contributed by atoms with Crippen LogP contribution in [-0.2, 0) is 0 Å². The van der Waals surface area contributed by atoms with Crippen molar-refractivity contribution in [1.82, 2.24) is 0 Å². The lowest BCUT2D eigenvalue weighted by molar-refractivity contribution is 0.755. The summed E-state index contributed by atoms with van der Waals surface area (Å²) in [6, 6.07) is 77.2. The summed E-state index contributed by atoms with van der Waals surface area (Å²) in [6.07, 6.45) is 0.726. The molecule has 1 aromatic heterocycles. The highest BCUT2D eigenvalue weighted by atomic mass is 32.1. The summed E-state index contributed by atoms with van der Waals surface area (Å²) in [7, 11) is 0. The fraction of sp³-hybridized carbons (Fsp3) is 0.0345. The number of aliphatic imine (C=N–C) groups is 2. The van der Waals surface area contributed by atoms with E-state index in [0.29, 0.717) is 0 Å². The van der Waals surface area contributed by atoms with Gasteiger partial charge in [-0.25, -0.2) is 4.99 Å². The Kier molecular flexibility index (Phi) is 8.53. The molecule has 0 N–H and O–H groups in total. The standard InChI is InChI=1S/C58H38N2S/c1-3-15-37(16-4-1)53-36-54(60-58(59-53)38-17-5-2-6-18-38)44-34-51(57-50-27-11-12-28-55(50)61-56(57)35-44)43-22-14-21-41(32-43)39-19-13-20-40(31-39)42-29-30-49-47-25-8-7-23-45(47)46-24-9-10-26-48(46)52(49)33-42/h1-35,54H,36H2. The molecular weight excluding hydrogens is 757 g/mol. The lowest BCUT2D eigenvalue weighted by Gasteiger charge is -2.22. The van der Waals surface area contributed by atoms with Crippen molar-refractivity contribution in [2.45, 2.75) is 12.5 Å². The van der Waals surface area contributed by atoms with Gasteiger partial charge >= 0.3 is 0 Å². The summed E-state index contributed by atoms with van der Waals surface area (Å²) in [5.74, 6) is 0.781. The summed E-state index contributed by atoms with van der Waals surface area (Å²) in [5.41, 5.74) is 11.7. The topological polar surface area (TPSA) is 24.7 Å². The Morgan fingerprint density at radius 3 is 1.54 bits per heavy atom. The number of hydrogen-bond donors (Lipinski definition) is 0. The first kappa shape index (κ1) is 35.5. The number of amidine groups is 1. The molecule has 2 heterocycles. The van der Waals surface area contributed by atoms with Crippen LogP contribution >= 0.6 is 11.3 Å². The van der Waals surface area contributed by atoms with Gasteiger partial charge in [-0.15, -0.1) is 11.3 Å². The smallest absolute Gasteiger partial charge is 0.155 e. The molecule has 11 aromatic rings. The molecule has 1 aliphatic rings. The molecule has 0 amide bonds. The number of rotatable bonds is 6. The summed E-state index contributed by atoms with van der Waals surface area (Å²) in [4.78, 5) is 10.5. The van der Waals surface area contributed by atoms with E-state index in [9.17, 15) is 0 Å². The molecule has 0 saturated carbocycles. The van der Waals surface area contributed by atoms with Crippen molar-refractivity contribution >= 4 is 75.4 Å². The van der Waals surface area contributed by atoms with Crippen molar-refractivity contribution < 1.29 is 0 Å². The van der Waals surface area contributed by atoms with Crippen LogP contribution in [-0.4, -0.2) is 11.5 Å². The first-order chi connectivity index (χ1) is 30.2. The van der Waals surface area contributed by atoms with E-state index in [1.165, 1.54) is 91.4 Å². The Bertz CT molecular complexity index is 3530. The summed E-state index contributed by atoms with van der Waals surface area (Å²) < 4.78 is 2.57. The quantitative estimate of drug-likeness (QED) is 0.150. The van der Waals surface area contributed by atoms with E-state index in [2.05, 4.69) is 206 Å². The summed E-state index contributed by atoms with van der Waals surface area (Å²) >= 11 is 1.87. The Hall–Kier alpha value is -7.46. The predicted octanol–water partition coefficient (Wildman–Crippen LogP) is 15.9. The van der Waals surface area contributed by atoms with Gasteiger partial charge < -0.3 is 0 Å². The maximum absolute atomic E-state index is 5.38. The highest BCUT2D eigenvalue weighted by Crippen LogP contribution is 2.44. The largest absolute Gasteiger partial charge is 0.258 e. The molecule has 0 bridgehead atoms. The molecule has 61 heavy (non-hydrogen) atoms. The van der Waals surface area contributed by atoms with Gasteiger partial charge in [0.25, 0.3) is 0 Å². The zero-order valence-corrected chi connectivity index (χ0v) is 34.1. The molecule has 0 spiro atoms. The van der Waals surface area contributed by atoms with E-state index in [4.69, 9.17) is 9.98 Å². The zero-order chi connectivity index (χ0) is 40.3. The number of hydrogen-bond acceptors (Lipinski definition) is 3. The lowest BCUT2D eigenvalue weighted by Crippen LogP contribution is -2.17. The Labute approximate surface area is 358 Å². The second-order valence-electron chi connectivity index (χ2n) is 16.0. The van der Waals surface area contributed by atoms with Crippen LogP contribution in [0.5, 0.6) is 0 Å². The van der Waals surface area contributed by atoms with Crippen LogP contribution in [0.4, 0.5) is 0 Å². The highest BCUT2D eigenvalue weighted by Gasteiger charge is 2.24. The van der Waals surface area contributed by atoms with Crippen LogP contribution in [0, 0.1) is 0 Å². The first-order valence-corrected chi connectivity index (χ1v) is 21.8. The van der Waals surface area contributed by atoms with Crippen molar-refractivity contribution in [3.8, 4) is 33.4 Å². The van der Waals surface area contributed by atoms with Gasteiger partial charge in [-0.1, -0.05) is 176 Å². The van der Waals surface area contributed by atoms with Gasteiger partial charge in [-0.3, -0.25) is 4.99 Å². The molecule has 12 rings (SSSR count). The average molecular weight is 795 g/mol. The van der Waals surface area contributed by atoms with Crippen LogP contribution < -0.4 is 0 Å². The molecule has 1 unspecified atom stereocenters. The van der Waals surface area contributed by atoms with Crippen LogP contribution in [0.1, 0.15) is 29.2 Å². The molecule has 1 aliphatic heterocycles. The monoisotopic (exact) mass is 794 g/mol. The lowest BCUT2D eigenvalue weighted by atomic mass is 9.90. The molecule has 0 saturated heterocycles. The maximum Gasteiger partial charge on any atom is 0.155 e. The number of nitrogens with zero attached hydrogens (tertiary/aromatic N) is 2.